The normalized spacial score (nSPS) is 23.1. The van der Waals surface area contributed by atoms with Gasteiger partial charge in [-0.1, -0.05) is 0 Å². The average Bonchev–Trinajstić information content (AvgIpc) is 3.48. The number of likely N-dealkylation sites (tertiary alicyclic amines) is 1. The Bertz CT molecular complexity index is 1250. The quantitative estimate of drug-likeness (QED) is 0.526. The Morgan fingerprint density at radius 1 is 1.26 bits per heavy atom. The number of nitrogens with zero attached hydrogens (tertiary/aromatic N) is 4. The highest BCUT2D eigenvalue weighted by atomic mass is 32.2. The van der Waals surface area contributed by atoms with Crippen LogP contribution in [0.3, 0.4) is 0 Å². The molecule has 1 saturated carbocycles. The lowest BCUT2D eigenvalue weighted by molar-refractivity contribution is -0.143. The second-order valence-corrected chi connectivity index (χ2v) is 11.9. The molecule has 206 valence electrons. The molecule has 2 atom stereocenters. The summed E-state index contributed by atoms with van der Waals surface area (Å²) in [6, 6.07) is 0.916. The minimum absolute atomic E-state index is 0.0377. The number of hydrogen-bond acceptors (Lipinski definition) is 8. The lowest BCUT2D eigenvalue weighted by Gasteiger charge is -2.33. The fourth-order valence-corrected chi connectivity index (χ4v) is 6.24. The predicted molar refractivity (Wildman–Crippen MR) is 136 cm³/mol. The molecule has 0 bridgehead atoms. The first-order valence-corrected chi connectivity index (χ1v) is 14.2. The molecular weight excluding hydrogens is 543 g/mol. The highest BCUT2D eigenvalue weighted by Crippen LogP contribution is 2.37. The average molecular weight is 572 g/mol. The van der Waals surface area contributed by atoms with Gasteiger partial charge in [0.05, 0.1) is 9.75 Å². The van der Waals surface area contributed by atoms with Gasteiger partial charge in [-0.05, 0) is 45.4 Å². The van der Waals surface area contributed by atoms with Gasteiger partial charge in [0.15, 0.2) is 23.2 Å². The maximum absolute atomic E-state index is 12.9. The zero-order valence-corrected chi connectivity index (χ0v) is 22.8. The van der Waals surface area contributed by atoms with E-state index in [1.807, 2.05) is 0 Å². The van der Waals surface area contributed by atoms with E-state index in [1.165, 1.54) is 30.0 Å². The number of piperidine rings is 1. The van der Waals surface area contributed by atoms with Gasteiger partial charge in [0, 0.05) is 36.5 Å². The highest BCUT2D eigenvalue weighted by molar-refractivity contribution is 8.00. The number of rotatable bonds is 6. The number of thiazole rings is 1. The third-order valence-corrected chi connectivity index (χ3v) is 9.51. The van der Waals surface area contributed by atoms with Crippen LogP contribution in [0.4, 0.5) is 19.0 Å². The molecule has 1 aliphatic carbocycles. The predicted octanol–water partition coefficient (Wildman–Crippen LogP) is 3.68. The van der Waals surface area contributed by atoms with Crippen LogP contribution in [-0.2, 0) is 31.9 Å². The third kappa shape index (κ3) is 5.80. The van der Waals surface area contributed by atoms with Gasteiger partial charge >= 0.3 is 6.18 Å². The van der Waals surface area contributed by atoms with Crippen LogP contribution < -0.4 is 5.32 Å². The number of nitrogens with one attached hydrogen (secondary N) is 1. The molecular formula is C24H28F3N5O4S2. The molecule has 9 nitrogen and oxygen atoms in total. The van der Waals surface area contributed by atoms with Crippen molar-refractivity contribution in [3.05, 3.63) is 27.8 Å². The first-order valence-electron chi connectivity index (χ1n) is 12.1. The lowest BCUT2D eigenvalue weighted by atomic mass is 9.79. The third-order valence-electron chi connectivity index (χ3n) is 7.19. The molecule has 2 unspecified atom stereocenters. The van der Waals surface area contributed by atoms with Crippen LogP contribution in [0.5, 0.6) is 0 Å². The van der Waals surface area contributed by atoms with Gasteiger partial charge < -0.3 is 10.2 Å². The number of alkyl halides is 3. The van der Waals surface area contributed by atoms with Crippen molar-refractivity contribution in [2.24, 2.45) is 5.92 Å². The number of hydrogen-bond donors (Lipinski definition) is 1. The van der Waals surface area contributed by atoms with Crippen molar-refractivity contribution in [3.8, 4) is 0 Å². The van der Waals surface area contributed by atoms with Gasteiger partial charge in [0.25, 0.3) is 0 Å². The molecule has 1 N–H and O–H groups in total. The molecule has 1 aliphatic heterocycles. The topological polar surface area (TPSA) is 114 Å². The molecule has 3 heterocycles. The van der Waals surface area contributed by atoms with E-state index >= 15 is 0 Å². The first kappa shape index (κ1) is 28.3. The molecule has 2 aromatic rings. The van der Waals surface area contributed by atoms with E-state index in [1.54, 1.807) is 23.5 Å². The number of ketones is 2. The van der Waals surface area contributed by atoms with E-state index in [0.29, 0.717) is 32.4 Å². The molecule has 2 aliphatic rings. The summed E-state index contributed by atoms with van der Waals surface area (Å²) in [6.07, 6.45) is -0.997. The Morgan fingerprint density at radius 3 is 2.55 bits per heavy atom. The zero-order valence-electron chi connectivity index (χ0n) is 21.1. The number of anilines is 1. The Labute approximate surface area is 225 Å². The fraction of sp³-hybridized carbons (Fsp3) is 0.583. The summed E-state index contributed by atoms with van der Waals surface area (Å²) in [5.74, 6) is -2.77. The summed E-state index contributed by atoms with van der Waals surface area (Å²) < 4.78 is 39.0. The minimum atomic E-state index is -4.57. The summed E-state index contributed by atoms with van der Waals surface area (Å²) >= 11 is 2.69. The van der Waals surface area contributed by atoms with Gasteiger partial charge in [-0.15, -0.1) is 11.3 Å². The van der Waals surface area contributed by atoms with Crippen molar-refractivity contribution in [2.45, 2.75) is 62.9 Å². The number of carbonyl (C=O) groups is 4. The first-order chi connectivity index (χ1) is 17.8. The SMILES string of the molecule is CSC1(C)CCC(=O)C(C(=O)Nc2csc(C3CCN(C(=O)Cn4nc(C(F)(F)F)cc4C)CC3)n2)C1=O. The van der Waals surface area contributed by atoms with Crippen LogP contribution in [0.1, 0.15) is 54.9 Å². The van der Waals surface area contributed by atoms with Gasteiger partial charge in [-0.25, -0.2) is 4.98 Å². The van der Waals surface area contributed by atoms with Crippen LogP contribution in [-0.4, -0.2) is 67.1 Å². The lowest BCUT2D eigenvalue weighted by Crippen LogP contribution is -2.50. The molecule has 2 aromatic heterocycles. The standard InChI is InChI=1S/C24H28F3N5O4S2/c1-13-10-16(24(25,26)27)30-32(13)11-18(34)31-8-5-14(6-9-31)22-29-17(12-38-22)28-21(36)19-15(33)4-7-23(2,37-3)20(19)35/h10,12,14,19H,4-9,11H2,1-3H3,(H,28,36). The number of halogens is 3. The van der Waals surface area contributed by atoms with Crippen LogP contribution >= 0.6 is 23.1 Å². The molecule has 0 radical (unpaired) electrons. The van der Waals surface area contributed by atoms with Crippen molar-refractivity contribution in [1.82, 2.24) is 19.7 Å². The van der Waals surface area contributed by atoms with Gasteiger partial charge in [-0.2, -0.15) is 30.0 Å². The monoisotopic (exact) mass is 571 g/mol. The van der Waals surface area contributed by atoms with Crippen LogP contribution in [0.2, 0.25) is 0 Å². The van der Waals surface area contributed by atoms with E-state index in [2.05, 4.69) is 15.4 Å². The Balaban J connectivity index is 1.32. The number of Topliss-reactive ketones (excluding diaryl/α,β-unsaturated/α-hetero) is 2. The molecule has 1 saturated heterocycles. The van der Waals surface area contributed by atoms with E-state index in [9.17, 15) is 32.3 Å². The van der Waals surface area contributed by atoms with Gasteiger partial charge in [0.1, 0.15) is 12.4 Å². The van der Waals surface area contributed by atoms with Crippen molar-refractivity contribution < 1.29 is 32.3 Å². The molecule has 2 amide bonds. The molecule has 38 heavy (non-hydrogen) atoms. The summed E-state index contributed by atoms with van der Waals surface area (Å²) in [7, 11) is 0. The van der Waals surface area contributed by atoms with E-state index in [0.717, 1.165) is 15.8 Å². The maximum Gasteiger partial charge on any atom is 0.435 e. The van der Waals surface area contributed by atoms with Crippen molar-refractivity contribution in [3.63, 3.8) is 0 Å². The number of amides is 2. The van der Waals surface area contributed by atoms with Crippen molar-refractivity contribution in [1.29, 1.82) is 0 Å². The summed E-state index contributed by atoms with van der Waals surface area (Å²) in [6.45, 7) is 3.78. The largest absolute Gasteiger partial charge is 0.435 e. The number of aromatic nitrogens is 3. The summed E-state index contributed by atoms with van der Waals surface area (Å²) in [5, 5.41) is 8.57. The molecule has 0 spiro atoms. The number of carbonyl (C=O) groups excluding carboxylic acids is 4. The van der Waals surface area contributed by atoms with Crippen molar-refractivity contribution >= 4 is 52.3 Å². The molecule has 2 fully saturated rings. The second kappa shape index (κ2) is 10.8. The molecule has 0 aromatic carbocycles. The van der Waals surface area contributed by atoms with Crippen LogP contribution in [0, 0.1) is 12.8 Å². The minimum Gasteiger partial charge on any atom is -0.341 e. The van der Waals surface area contributed by atoms with E-state index < -0.39 is 28.4 Å². The summed E-state index contributed by atoms with van der Waals surface area (Å²) in [4.78, 5) is 56.8. The molecule has 14 heteroatoms. The number of thioether (sulfide) groups is 1. The Morgan fingerprint density at radius 2 is 1.95 bits per heavy atom. The van der Waals surface area contributed by atoms with Crippen LogP contribution in [0.15, 0.2) is 11.4 Å². The zero-order chi connectivity index (χ0) is 27.8. The van der Waals surface area contributed by atoms with E-state index in [-0.39, 0.29) is 47.9 Å². The summed E-state index contributed by atoms with van der Waals surface area (Å²) in [5.41, 5.74) is -0.767. The second-order valence-electron chi connectivity index (χ2n) is 9.74. The maximum atomic E-state index is 12.9. The number of aryl methyl sites for hydroxylation is 1. The Hall–Kier alpha value is -2.74. The van der Waals surface area contributed by atoms with Crippen molar-refractivity contribution in [2.75, 3.05) is 24.7 Å². The molecule has 4 rings (SSSR count). The fourth-order valence-electron chi connectivity index (χ4n) is 4.69. The smallest absolute Gasteiger partial charge is 0.341 e. The van der Waals surface area contributed by atoms with Gasteiger partial charge in [-0.3, -0.25) is 23.9 Å². The highest BCUT2D eigenvalue weighted by Gasteiger charge is 2.48. The van der Waals surface area contributed by atoms with Gasteiger partial charge in [0.2, 0.25) is 11.8 Å². The Kier molecular flexibility index (Phi) is 8.03. The van der Waals surface area contributed by atoms with Crippen LogP contribution in [0.25, 0.3) is 0 Å². The van der Waals surface area contributed by atoms with E-state index in [4.69, 9.17) is 0 Å².